The topological polar surface area (TPSA) is 43.1 Å². The van der Waals surface area contributed by atoms with E-state index in [4.69, 9.17) is 5.73 Å². The van der Waals surface area contributed by atoms with Crippen LogP contribution >= 0.6 is 0 Å². The molecule has 2 aromatic carbocycles. The molecule has 2 heteroatoms. The zero-order valence-electron chi connectivity index (χ0n) is 14.3. The summed E-state index contributed by atoms with van der Waals surface area (Å²) in [5.41, 5.74) is 7.79. The summed E-state index contributed by atoms with van der Waals surface area (Å²) in [7, 11) is 0. The zero-order chi connectivity index (χ0) is 18.1. The third-order valence-corrected chi connectivity index (χ3v) is 3.84. The molecule has 2 nitrogen and oxygen atoms in total. The lowest BCUT2D eigenvalue weighted by atomic mass is 9.92. The smallest absolute Gasteiger partial charge is 0.249 e. The molecule has 25 heavy (non-hydrogen) atoms. The molecule has 2 aromatic rings. The van der Waals surface area contributed by atoms with Crippen LogP contribution in [-0.2, 0) is 0 Å². The lowest BCUT2D eigenvalue weighted by Crippen LogP contribution is -2.13. The minimum absolute atomic E-state index is 0.431. The summed E-state index contributed by atoms with van der Waals surface area (Å²) in [5.74, 6) is -0.431. The van der Waals surface area contributed by atoms with Gasteiger partial charge in [0.25, 0.3) is 0 Å². The van der Waals surface area contributed by atoms with Gasteiger partial charge in [0.1, 0.15) is 0 Å². The summed E-state index contributed by atoms with van der Waals surface area (Å²) in [4.78, 5) is 11.8. The van der Waals surface area contributed by atoms with Crippen molar-refractivity contribution < 1.29 is 4.79 Å². The second-order valence-corrected chi connectivity index (χ2v) is 5.64. The molecule has 0 heterocycles. The molecule has 0 atom stereocenters. The summed E-state index contributed by atoms with van der Waals surface area (Å²) in [6, 6.07) is 11.6. The third kappa shape index (κ3) is 4.92. The first-order valence-corrected chi connectivity index (χ1v) is 8.24. The Morgan fingerprint density at radius 1 is 1.00 bits per heavy atom. The van der Waals surface area contributed by atoms with Gasteiger partial charge in [0.2, 0.25) is 5.91 Å². The Labute approximate surface area is 149 Å². The number of carbonyl (C=O) groups is 1. The van der Waals surface area contributed by atoms with E-state index in [0.29, 0.717) is 12.0 Å². The maximum Gasteiger partial charge on any atom is 0.249 e. The number of rotatable bonds is 8. The molecule has 0 aliphatic heterocycles. The van der Waals surface area contributed by atoms with Crippen LogP contribution in [0.2, 0.25) is 0 Å². The van der Waals surface area contributed by atoms with E-state index < -0.39 is 5.91 Å². The van der Waals surface area contributed by atoms with Gasteiger partial charge in [-0.05, 0) is 40.8 Å². The van der Waals surface area contributed by atoms with E-state index in [1.165, 1.54) is 0 Å². The highest BCUT2D eigenvalue weighted by Crippen LogP contribution is 2.29. The van der Waals surface area contributed by atoms with E-state index in [1.807, 2.05) is 60.7 Å². The van der Waals surface area contributed by atoms with Gasteiger partial charge in [-0.25, -0.2) is 0 Å². The van der Waals surface area contributed by atoms with Crippen LogP contribution in [0.3, 0.4) is 0 Å². The summed E-state index contributed by atoms with van der Waals surface area (Å²) >= 11 is 0. The molecule has 0 radical (unpaired) electrons. The zero-order valence-corrected chi connectivity index (χ0v) is 14.3. The Balaban J connectivity index is 2.18. The number of hydrogen-bond acceptors (Lipinski definition) is 1. The molecule has 2 N–H and O–H groups in total. The quantitative estimate of drug-likeness (QED) is 0.631. The fourth-order valence-electron chi connectivity index (χ4n) is 2.66. The first-order chi connectivity index (χ1) is 12.1. The molecule has 0 unspecified atom stereocenters. The number of allylic oxidation sites excluding steroid dienone is 8. The average molecular weight is 329 g/mol. The van der Waals surface area contributed by atoms with Crippen molar-refractivity contribution in [2.45, 2.75) is 12.8 Å². The number of fused-ring (bicyclic) bond motifs is 1. The Morgan fingerprint density at radius 3 is 2.48 bits per heavy atom. The Hall–Kier alpha value is -3.13. The molecule has 0 fully saturated rings. The third-order valence-electron chi connectivity index (χ3n) is 3.84. The van der Waals surface area contributed by atoms with Crippen LogP contribution in [0.15, 0.2) is 92.1 Å². The Kier molecular flexibility index (Phi) is 6.73. The predicted molar refractivity (Wildman–Crippen MR) is 108 cm³/mol. The van der Waals surface area contributed by atoms with Gasteiger partial charge in [0.15, 0.2) is 0 Å². The van der Waals surface area contributed by atoms with Gasteiger partial charge in [-0.2, -0.15) is 0 Å². The van der Waals surface area contributed by atoms with E-state index in [1.54, 1.807) is 12.1 Å². The number of amides is 1. The van der Waals surface area contributed by atoms with Gasteiger partial charge < -0.3 is 5.73 Å². The molecular formula is C23H23NO. The summed E-state index contributed by atoms with van der Waals surface area (Å²) < 4.78 is 0. The number of primary amides is 1. The van der Waals surface area contributed by atoms with Crippen LogP contribution in [0.1, 0.15) is 28.8 Å². The number of hydrogen-bond donors (Lipinski definition) is 1. The minimum Gasteiger partial charge on any atom is -0.366 e. The van der Waals surface area contributed by atoms with Gasteiger partial charge >= 0.3 is 0 Å². The highest BCUT2D eigenvalue weighted by molar-refractivity contribution is 6.06. The fourth-order valence-corrected chi connectivity index (χ4v) is 2.66. The van der Waals surface area contributed by atoms with Crippen LogP contribution in [0.25, 0.3) is 16.3 Å². The molecule has 0 bridgehead atoms. The van der Waals surface area contributed by atoms with Crippen molar-refractivity contribution in [1.82, 2.24) is 0 Å². The second kappa shape index (κ2) is 9.24. The van der Waals surface area contributed by atoms with Gasteiger partial charge in [0, 0.05) is 5.56 Å². The van der Waals surface area contributed by atoms with E-state index in [9.17, 15) is 4.79 Å². The van der Waals surface area contributed by atoms with Crippen molar-refractivity contribution in [3.63, 3.8) is 0 Å². The minimum atomic E-state index is -0.431. The lowest BCUT2D eigenvalue weighted by Gasteiger charge is -2.12. The molecule has 0 aliphatic carbocycles. The molecule has 2 rings (SSSR count). The Bertz CT molecular complexity index is 869. The molecule has 0 spiro atoms. The summed E-state index contributed by atoms with van der Waals surface area (Å²) in [6.07, 6.45) is 15.3. The molecule has 126 valence electrons. The van der Waals surface area contributed by atoms with Crippen molar-refractivity contribution in [2.24, 2.45) is 5.73 Å². The maximum absolute atomic E-state index is 11.8. The number of nitrogens with two attached hydrogens (primary N) is 1. The van der Waals surface area contributed by atoms with E-state index in [-0.39, 0.29) is 0 Å². The molecule has 0 aliphatic rings. The molecule has 1 amide bonds. The van der Waals surface area contributed by atoms with Crippen LogP contribution in [0.4, 0.5) is 0 Å². The average Bonchev–Trinajstić information content (AvgIpc) is 2.62. The highest BCUT2D eigenvalue weighted by atomic mass is 16.1. The molecular weight excluding hydrogens is 306 g/mol. The van der Waals surface area contributed by atoms with Crippen molar-refractivity contribution in [2.75, 3.05) is 0 Å². The van der Waals surface area contributed by atoms with E-state index >= 15 is 0 Å². The van der Waals surface area contributed by atoms with E-state index in [0.717, 1.165) is 28.3 Å². The Morgan fingerprint density at radius 2 is 1.72 bits per heavy atom. The highest BCUT2D eigenvalue weighted by Gasteiger charge is 2.13. The fraction of sp³-hybridized carbons (Fsp3) is 0.0870. The van der Waals surface area contributed by atoms with Gasteiger partial charge in [0.05, 0.1) is 0 Å². The maximum atomic E-state index is 11.8. The normalized spacial score (nSPS) is 11.7. The van der Waals surface area contributed by atoms with Gasteiger partial charge in [-0.3, -0.25) is 4.79 Å². The lowest BCUT2D eigenvalue weighted by molar-refractivity contribution is 0.1000. The largest absolute Gasteiger partial charge is 0.366 e. The first kappa shape index (κ1) is 18.2. The molecule has 0 saturated carbocycles. The van der Waals surface area contributed by atoms with E-state index in [2.05, 4.69) is 19.2 Å². The summed E-state index contributed by atoms with van der Waals surface area (Å²) in [5, 5.41) is 2.07. The van der Waals surface area contributed by atoms with Crippen LogP contribution in [-0.4, -0.2) is 5.91 Å². The van der Waals surface area contributed by atoms with Crippen LogP contribution in [0.5, 0.6) is 0 Å². The van der Waals surface area contributed by atoms with Crippen molar-refractivity contribution in [1.29, 1.82) is 0 Å². The molecule has 0 aromatic heterocycles. The predicted octanol–water partition coefficient (Wildman–Crippen LogP) is 5.59. The summed E-state index contributed by atoms with van der Waals surface area (Å²) in [6.45, 7) is 7.80. The SMILES string of the molecule is C=CC=CCC=CC=CCC(=C)c1c(C(N)=O)ccc2ccccc12. The number of carbonyl (C=O) groups excluding carboxylic acids is 1. The van der Waals surface area contributed by atoms with Gasteiger partial charge in [-0.1, -0.05) is 86.0 Å². The molecule has 0 saturated heterocycles. The van der Waals surface area contributed by atoms with Crippen molar-refractivity contribution >= 4 is 22.3 Å². The monoisotopic (exact) mass is 329 g/mol. The van der Waals surface area contributed by atoms with Crippen molar-refractivity contribution in [3.8, 4) is 0 Å². The van der Waals surface area contributed by atoms with Gasteiger partial charge in [-0.15, -0.1) is 0 Å². The first-order valence-electron chi connectivity index (χ1n) is 8.24. The number of benzene rings is 2. The standard InChI is InChI=1S/C23H23NO/c1-3-4-5-6-7-8-9-10-13-18(2)22-20-15-12-11-14-19(20)16-17-21(22)23(24)25/h3-5,7-12,14-17H,1-2,6,13H2,(H2,24,25). The van der Waals surface area contributed by atoms with Crippen molar-refractivity contribution in [3.05, 3.63) is 103 Å². The van der Waals surface area contributed by atoms with Crippen LogP contribution < -0.4 is 5.73 Å². The second-order valence-electron chi connectivity index (χ2n) is 5.64. The van der Waals surface area contributed by atoms with Crippen LogP contribution in [0, 0.1) is 0 Å².